The Labute approximate surface area is 406 Å². The molecule has 4 aliphatic carbocycles. The third kappa shape index (κ3) is 4.50. The van der Waals surface area contributed by atoms with Crippen molar-refractivity contribution in [3.8, 4) is 0 Å². The number of hydrogen-bond donors (Lipinski definition) is 0. The summed E-state index contributed by atoms with van der Waals surface area (Å²) in [6, 6.07) is 29.9. The van der Waals surface area contributed by atoms with Gasteiger partial charge in [0, 0.05) is 28.4 Å². The Bertz CT molecular complexity index is 3080. The Hall–Kier alpha value is -5.42. The molecule has 0 radical (unpaired) electrons. The van der Waals surface area contributed by atoms with Gasteiger partial charge in [0.25, 0.3) is 0 Å². The normalized spacial score (nSPS) is 31.2. The zero-order valence-electron chi connectivity index (χ0n) is 36.4. The van der Waals surface area contributed by atoms with E-state index in [1.165, 1.54) is 28.4 Å². The molecule has 6 aliphatic rings. The second-order valence-corrected chi connectivity index (χ2v) is 20.8. The molecule has 18 heteroatoms. The van der Waals surface area contributed by atoms with Gasteiger partial charge in [-0.3, -0.25) is 29.0 Å². The number of nitrogens with zero attached hydrogens (tertiary/aromatic N) is 6. The summed E-state index contributed by atoms with van der Waals surface area (Å²) < 4.78 is 24.2. The lowest BCUT2D eigenvalue weighted by Gasteiger charge is -2.41. The van der Waals surface area contributed by atoms with Crippen LogP contribution in [0, 0.1) is 23.7 Å². The van der Waals surface area contributed by atoms with E-state index < -0.39 is 78.4 Å². The Morgan fingerprint density at radius 3 is 0.882 bits per heavy atom. The first-order valence-corrected chi connectivity index (χ1v) is 23.3. The summed E-state index contributed by atoms with van der Waals surface area (Å²) in [6.07, 6.45) is 0. The molecule has 7 aromatic rings. The quantitative estimate of drug-likeness (QED) is 0.0650. The highest BCUT2D eigenvalue weighted by Crippen LogP contribution is 2.78. The molecule has 68 heavy (non-hydrogen) atoms. The molecule has 5 aromatic carbocycles. The number of fused-ring (bicyclic) bond motifs is 20. The highest BCUT2D eigenvalue weighted by molar-refractivity contribution is 6.37. The lowest BCUT2D eigenvalue weighted by molar-refractivity contribution is -0.239. The second kappa shape index (κ2) is 13.7. The fraction of sp³-hybridized carbons (Fsp3) is 0.320. The molecule has 2 aliphatic heterocycles. The van der Waals surface area contributed by atoms with Gasteiger partial charge in [0.2, 0.25) is 35.2 Å². The van der Waals surface area contributed by atoms with Gasteiger partial charge in [0.05, 0.1) is 81.6 Å². The third-order valence-electron chi connectivity index (χ3n) is 15.7. The number of benzene rings is 5. The molecule has 4 amide bonds. The number of carbonyl (C=O) groups is 4. The first kappa shape index (κ1) is 42.7. The highest BCUT2D eigenvalue weighted by atomic mass is 35.5. The summed E-state index contributed by atoms with van der Waals surface area (Å²) in [5.41, 5.74) is 4.12. The van der Waals surface area contributed by atoms with Crippen molar-refractivity contribution in [2.75, 3.05) is 28.4 Å². The average Bonchev–Trinajstić information content (AvgIpc) is 3.98. The van der Waals surface area contributed by atoms with Gasteiger partial charge in [0.15, 0.2) is 19.5 Å². The monoisotopic (exact) mass is 988 g/mol. The lowest BCUT2D eigenvalue weighted by Crippen LogP contribution is -2.56. The molecule has 13 rings (SSSR count). The molecule has 342 valence electrons. The van der Waals surface area contributed by atoms with Gasteiger partial charge >= 0.3 is 0 Å². The fourth-order valence-electron chi connectivity index (χ4n) is 12.9. The standard InChI is InChI=1S/C50H36Cl4N6O8/c1-65-49(66-2)45(51)33-34(46(49,52)38-37(45)55-29-17-25-9-5-6-10-26(25)18-30(29)56-38)42(62)59(41(33)61)21-23-13-15-24(16-14-23)22-60-43(63)35-36(44(60)64)48(54)40-39(47(35,53)50(48,67-3)68-4)57-31-19-27-11-7-8-12-28(27)20-32(31)58-40/h5-20,33-36H,21-22H2,1-4H3/t33-,34+,35-,36+,45+,46-,47+,48-. The molecule has 0 N–H and O–H groups in total. The van der Waals surface area contributed by atoms with Gasteiger partial charge in [-0.05, 0) is 56.9 Å². The van der Waals surface area contributed by atoms with Gasteiger partial charge < -0.3 is 18.9 Å². The zero-order chi connectivity index (χ0) is 47.2. The van der Waals surface area contributed by atoms with Crippen molar-refractivity contribution in [2.24, 2.45) is 23.7 Å². The molecule has 4 heterocycles. The predicted molar refractivity (Wildman–Crippen MR) is 249 cm³/mol. The number of amides is 4. The maximum Gasteiger partial charge on any atom is 0.235 e. The van der Waals surface area contributed by atoms with Crippen LogP contribution in [-0.4, -0.2) is 93.4 Å². The Balaban J connectivity index is 0.800. The van der Waals surface area contributed by atoms with Crippen molar-refractivity contribution in [3.05, 3.63) is 131 Å². The molecule has 4 bridgehead atoms. The summed E-state index contributed by atoms with van der Waals surface area (Å²) >= 11 is 30.6. The van der Waals surface area contributed by atoms with Crippen molar-refractivity contribution in [1.82, 2.24) is 29.7 Å². The Morgan fingerprint density at radius 2 is 0.662 bits per heavy atom. The van der Waals surface area contributed by atoms with Crippen molar-refractivity contribution in [2.45, 2.75) is 44.2 Å². The van der Waals surface area contributed by atoms with E-state index in [-0.39, 0.29) is 35.9 Å². The van der Waals surface area contributed by atoms with Crippen LogP contribution < -0.4 is 0 Å². The predicted octanol–water partition coefficient (Wildman–Crippen LogP) is 7.25. The smallest absolute Gasteiger partial charge is 0.235 e. The zero-order valence-corrected chi connectivity index (χ0v) is 39.4. The van der Waals surface area contributed by atoms with E-state index in [2.05, 4.69) is 0 Å². The number of likely N-dealkylation sites (tertiary alicyclic amines) is 2. The van der Waals surface area contributed by atoms with E-state index in [1.54, 1.807) is 24.3 Å². The molecular formula is C50H36Cl4N6O8. The van der Waals surface area contributed by atoms with Gasteiger partial charge in [-0.25, -0.2) is 19.9 Å². The molecule has 0 unspecified atom stereocenters. The number of ether oxygens (including phenoxy) is 4. The topological polar surface area (TPSA) is 163 Å². The summed E-state index contributed by atoms with van der Waals surface area (Å²) in [5, 5.41) is 3.72. The van der Waals surface area contributed by atoms with Crippen LogP contribution in [0.25, 0.3) is 43.6 Å². The minimum absolute atomic E-state index is 0.129. The van der Waals surface area contributed by atoms with Gasteiger partial charge in [-0.2, -0.15) is 0 Å². The number of carbonyl (C=O) groups excluding carboxylic acids is 4. The highest BCUT2D eigenvalue weighted by Gasteiger charge is 2.92. The maximum atomic E-state index is 14.6. The van der Waals surface area contributed by atoms with Crippen LogP contribution in [0.15, 0.2) is 97.1 Å². The number of imide groups is 2. The minimum Gasteiger partial charge on any atom is -0.349 e. The summed E-state index contributed by atoms with van der Waals surface area (Å²) in [6.45, 7) is -0.258. The molecule has 14 nitrogen and oxygen atoms in total. The van der Waals surface area contributed by atoms with Crippen LogP contribution >= 0.6 is 46.4 Å². The van der Waals surface area contributed by atoms with E-state index in [9.17, 15) is 19.2 Å². The van der Waals surface area contributed by atoms with Crippen LogP contribution in [0.4, 0.5) is 0 Å². The molecule has 2 aromatic heterocycles. The lowest BCUT2D eigenvalue weighted by atomic mass is 9.80. The summed E-state index contributed by atoms with van der Waals surface area (Å²) in [4.78, 5) is 73.4. The average molecular weight is 991 g/mol. The number of aromatic nitrogens is 4. The van der Waals surface area contributed by atoms with Crippen LogP contribution in [0.2, 0.25) is 0 Å². The third-order valence-corrected chi connectivity index (χ3v) is 18.4. The number of alkyl halides is 4. The van der Waals surface area contributed by atoms with E-state index in [1.807, 2.05) is 72.8 Å². The minimum atomic E-state index is -1.89. The molecule has 2 saturated heterocycles. The van der Waals surface area contributed by atoms with Crippen LogP contribution in [0.3, 0.4) is 0 Å². The Morgan fingerprint density at radius 1 is 0.426 bits per heavy atom. The van der Waals surface area contributed by atoms with E-state index >= 15 is 0 Å². The van der Waals surface area contributed by atoms with Crippen molar-refractivity contribution in [3.63, 3.8) is 0 Å². The number of halogens is 4. The number of rotatable bonds is 8. The largest absolute Gasteiger partial charge is 0.349 e. The van der Waals surface area contributed by atoms with Crippen LogP contribution in [0.1, 0.15) is 33.9 Å². The van der Waals surface area contributed by atoms with E-state index in [0.717, 1.165) is 31.3 Å². The maximum absolute atomic E-state index is 14.6. The van der Waals surface area contributed by atoms with Crippen molar-refractivity contribution < 1.29 is 38.1 Å². The van der Waals surface area contributed by atoms with Gasteiger partial charge in [-0.15, -0.1) is 46.4 Å². The second-order valence-electron chi connectivity index (χ2n) is 18.4. The van der Waals surface area contributed by atoms with Gasteiger partial charge in [0.1, 0.15) is 0 Å². The van der Waals surface area contributed by atoms with E-state index in [0.29, 0.717) is 33.2 Å². The van der Waals surface area contributed by atoms with Crippen molar-refractivity contribution in [1.29, 1.82) is 0 Å². The Kier molecular flexibility index (Phi) is 8.58. The van der Waals surface area contributed by atoms with Gasteiger partial charge in [-0.1, -0.05) is 72.8 Å². The van der Waals surface area contributed by atoms with Crippen LogP contribution in [0.5, 0.6) is 0 Å². The molecule has 4 fully saturated rings. The van der Waals surface area contributed by atoms with Crippen molar-refractivity contribution >= 4 is 114 Å². The summed E-state index contributed by atoms with van der Waals surface area (Å²) in [7, 11) is 5.49. The molecular weight excluding hydrogens is 954 g/mol. The molecule has 0 spiro atoms. The molecule has 8 atom stereocenters. The van der Waals surface area contributed by atoms with E-state index in [4.69, 9.17) is 85.3 Å². The first-order valence-electron chi connectivity index (χ1n) is 21.8. The first-order chi connectivity index (χ1) is 32.6. The SMILES string of the molecule is COC1(OC)[C@@]2(Cl)c3nc4cc5ccccc5cc4nc3[C@]1(Cl)[C@@H]1C(=O)N(Cc3ccc(CN4C(=O)[C@@H]5[C@H](C4=O)[C@]4(Cl)c6nc7cc8ccccc8cc7nc6[C@@]5(Cl)C4(OC)OC)cc3)C(=O)[C@@H]12. The van der Waals surface area contributed by atoms with Crippen LogP contribution in [-0.2, 0) is 70.7 Å². The molecule has 2 saturated carbocycles. The fourth-order valence-corrected chi connectivity index (χ4v) is 15.6. The summed E-state index contributed by atoms with van der Waals surface area (Å²) in [5.74, 6) is -10.9. The number of hydrogen-bond acceptors (Lipinski definition) is 12. The number of methoxy groups -OCH3 is 4.